The highest BCUT2D eigenvalue weighted by Crippen LogP contribution is 2.20. The van der Waals surface area contributed by atoms with Gasteiger partial charge in [-0.3, -0.25) is 0 Å². The van der Waals surface area contributed by atoms with Gasteiger partial charge in [0, 0.05) is 23.6 Å². The molecule has 0 aliphatic rings. The van der Waals surface area contributed by atoms with Gasteiger partial charge in [0.05, 0.1) is 11.3 Å². The molecular formula is C16H13N3. The van der Waals surface area contributed by atoms with Crippen molar-refractivity contribution < 1.29 is 0 Å². The molecule has 19 heavy (non-hydrogen) atoms. The lowest BCUT2D eigenvalue weighted by atomic mass is 10.1. The Balaban J connectivity index is 1.85. The highest BCUT2D eigenvalue weighted by atomic mass is 14.9. The van der Waals surface area contributed by atoms with Gasteiger partial charge in [0.1, 0.15) is 6.07 Å². The third kappa shape index (κ3) is 2.16. The van der Waals surface area contributed by atoms with Gasteiger partial charge in [0.15, 0.2) is 0 Å². The molecule has 3 heteroatoms. The largest absolute Gasteiger partial charge is 0.380 e. The summed E-state index contributed by atoms with van der Waals surface area (Å²) in [6.45, 7) is 0.697. The van der Waals surface area contributed by atoms with Gasteiger partial charge in [-0.15, -0.1) is 0 Å². The monoisotopic (exact) mass is 247 g/mol. The fraction of sp³-hybridized carbons (Fsp3) is 0.0625. The van der Waals surface area contributed by atoms with Crippen molar-refractivity contribution in [3.05, 3.63) is 65.9 Å². The first-order valence-electron chi connectivity index (χ1n) is 6.16. The van der Waals surface area contributed by atoms with Gasteiger partial charge in [0.25, 0.3) is 0 Å². The number of para-hydroxylation sites is 2. The first kappa shape index (κ1) is 11.4. The van der Waals surface area contributed by atoms with E-state index in [1.807, 2.05) is 42.6 Å². The van der Waals surface area contributed by atoms with Crippen molar-refractivity contribution in [3.8, 4) is 6.07 Å². The smallest absolute Gasteiger partial charge is 0.101 e. The molecule has 2 N–H and O–H groups in total. The molecule has 0 fully saturated rings. The van der Waals surface area contributed by atoms with E-state index in [4.69, 9.17) is 5.26 Å². The minimum Gasteiger partial charge on any atom is -0.380 e. The second-order valence-corrected chi connectivity index (χ2v) is 4.37. The Morgan fingerprint density at radius 3 is 2.74 bits per heavy atom. The Labute approximate surface area is 111 Å². The van der Waals surface area contributed by atoms with E-state index in [2.05, 4.69) is 28.5 Å². The quantitative estimate of drug-likeness (QED) is 0.742. The SMILES string of the molecule is N#Cc1ccccc1NCc1c[nH]c2ccccc12. The van der Waals surface area contributed by atoms with Crippen molar-refractivity contribution in [1.82, 2.24) is 4.98 Å². The lowest BCUT2D eigenvalue weighted by molar-refractivity contribution is 1.16. The van der Waals surface area contributed by atoms with E-state index in [0.717, 1.165) is 11.2 Å². The lowest BCUT2D eigenvalue weighted by Crippen LogP contribution is -2.00. The molecule has 0 aliphatic carbocycles. The normalized spacial score (nSPS) is 10.3. The zero-order valence-electron chi connectivity index (χ0n) is 10.4. The maximum Gasteiger partial charge on any atom is 0.101 e. The van der Waals surface area contributed by atoms with Crippen LogP contribution in [0.3, 0.4) is 0 Å². The van der Waals surface area contributed by atoms with Crippen LogP contribution >= 0.6 is 0 Å². The summed E-state index contributed by atoms with van der Waals surface area (Å²) >= 11 is 0. The number of aromatic amines is 1. The van der Waals surface area contributed by atoms with Crippen LogP contribution in [0.5, 0.6) is 0 Å². The van der Waals surface area contributed by atoms with E-state index in [9.17, 15) is 0 Å². The summed E-state index contributed by atoms with van der Waals surface area (Å²) in [4.78, 5) is 3.25. The minimum absolute atomic E-state index is 0.669. The van der Waals surface area contributed by atoms with Crippen LogP contribution in [0.4, 0.5) is 5.69 Å². The number of hydrogen-bond donors (Lipinski definition) is 2. The Bertz CT molecular complexity index is 750. The summed E-state index contributed by atoms with van der Waals surface area (Å²) in [5.41, 5.74) is 3.87. The first-order chi connectivity index (χ1) is 9.38. The molecule has 1 heterocycles. The fourth-order valence-corrected chi connectivity index (χ4v) is 2.20. The molecule has 92 valence electrons. The summed E-state index contributed by atoms with van der Waals surface area (Å²) in [6.07, 6.45) is 2.01. The van der Waals surface area contributed by atoms with Crippen molar-refractivity contribution in [3.63, 3.8) is 0 Å². The first-order valence-corrected chi connectivity index (χ1v) is 6.16. The Kier molecular flexibility index (Phi) is 2.91. The van der Waals surface area contributed by atoms with Crippen LogP contribution in [-0.4, -0.2) is 4.98 Å². The molecule has 0 amide bonds. The maximum absolute atomic E-state index is 9.05. The van der Waals surface area contributed by atoms with Crippen LogP contribution in [0.2, 0.25) is 0 Å². The number of H-pyrrole nitrogens is 1. The van der Waals surface area contributed by atoms with E-state index >= 15 is 0 Å². The highest BCUT2D eigenvalue weighted by Gasteiger charge is 2.04. The molecule has 0 saturated heterocycles. The molecule has 3 nitrogen and oxygen atoms in total. The molecule has 3 rings (SSSR count). The highest BCUT2D eigenvalue weighted by molar-refractivity contribution is 5.83. The standard InChI is InChI=1S/C16H13N3/c17-9-12-5-1-3-7-15(12)18-10-13-11-19-16-8-4-2-6-14(13)16/h1-8,11,18-19H,10H2. The van der Waals surface area contributed by atoms with Crippen molar-refractivity contribution in [2.24, 2.45) is 0 Å². The van der Waals surface area contributed by atoms with Crippen LogP contribution in [0, 0.1) is 11.3 Å². The molecule has 3 aromatic rings. The maximum atomic E-state index is 9.05. The number of benzene rings is 2. The molecule has 0 unspecified atom stereocenters. The van der Waals surface area contributed by atoms with Crippen LogP contribution in [0.1, 0.15) is 11.1 Å². The number of hydrogen-bond acceptors (Lipinski definition) is 2. The van der Waals surface area contributed by atoms with Crippen molar-refractivity contribution in [2.75, 3.05) is 5.32 Å². The van der Waals surface area contributed by atoms with Crippen LogP contribution < -0.4 is 5.32 Å². The zero-order valence-corrected chi connectivity index (χ0v) is 10.4. The van der Waals surface area contributed by atoms with Gasteiger partial charge < -0.3 is 10.3 Å². The summed E-state index contributed by atoms with van der Waals surface area (Å²) in [6, 6.07) is 17.9. The van der Waals surface area contributed by atoms with Gasteiger partial charge in [0.2, 0.25) is 0 Å². The zero-order chi connectivity index (χ0) is 13.1. The second-order valence-electron chi connectivity index (χ2n) is 4.37. The predicted molar refractivity (Wildman–Crippen MR) is 76.8 cm³/mol. The molecule has 2 aromatic carbocycles. The molecule has 0 atom stereocenters. The van der Waals surface area contributed by atoms with E-state index < -0.39 is 0 Å². The molecular weight excluding hydrogens is 234 g/mol. The molecule has 0 aliphatic heterocycles. The second kappa shape index (κ2) is 4.87. The molecule has 0 bridgehead atoms. The number of nitriles is 1. The average molecular weight is 247 g/mol. The van der Waals surface area contributed by atoms with Gasteiger partial charge in [-0.05, 0) is 23.8 Å². The summed E-state index contributed by atoms with van der Waals surface area (Å²) in [5.74, 6) is 0. The van der Waals surface area contributed by atoms with E-state index in [1.54, 1.807) is 0 Å². The van der Waals surface area contributed by atoms with Crippen LogP contribution in [0.15, 0.2) is 54.7 Å². The van der Waals surface area contributed by atoms with Gasteiger partial charge >= 0.3 is 0 Å². The molecule has 0 spiro atoms. The van der Waals surface area contributed by atoms with Gasteiger partial charge in [-0.25, -0.2) is 0 Å². The van der Waals surface area contributed by atoms with Gasteiger partial charge in [-0.2, -0.15) is 5.26 Å². The Hall–Kier alpha value is -2.73. The molecule has 0 saturated carbocycles. The van der Waals surface area contributed by atoms with E-state index in [0.29, 0.717) is 12.1 Å². The topological polar surface area (TPSA) is 51.6 Å². The third-order valence-corrected chi connectivity index (χ3v) is 3.19. The van der Waals surface area contributed by atoms with Crippen molar-refractivity contribution in [2.45, 2.75) is 6.54 Å². The summed E-state index contributed by atoms with van der Waals surface area (Å²) in [5, 5.41) is 13.6. The Morgan fingerprint density at radius 2 is 1.84 bits per heavy atom. The van der Waals surface area contributed by atoms with Crippen molar-refractivity contribution in [1.29, 1.82) is 5.26 Å². The summed E-state index contributed by atoms with van der Waals surface area (Å²) in [7, 11) is 0. The number of nitrogens with one attached hydrogen (secondary N) is 2. The number of anilines is 1. The van der Waals surface area contributed by atoms with Crippen LogP contribution in [-0.2, 0) is 6.54 Å². The molecule has 1 aromatic heterocycles. The van der Waals surface area contributed by atoms with E-state index in [1.165, 1.54) is 10.9 Å². The number of rotatable bonds is 3. The number of nitrogens with zero attached hydrogens (tertiary/aromatic N) is 1. The number of fused-ring (bicyclic) bond motifs is 1. The Morgan fingerprint density at radius 1 is 1.05 bits per heavy atom. The summed E-state index contributed by atoms with van der Waals surface area (Å²) < 4.78 is 0. The van der Waals surface area contributed by atoms with E-state index in [-0.39, 0.29) is 0 Å². The van der Waals surface area contributed by atoms with Crippen LogP contribution in [0.25, 0.3) is 10.9 Å². The molecule has 0 radical (unpaired) electrons. The van der Waals surface area contributed by atoms with Crippen molar-refractivity contribution >= 4 is 16.6 Å². The van der Waals surface area contributed by atoms with Gasteiger partial charge in [-0.1, -0.05) is 30.3 Å². The predicted octanol–water partition coefficient (Wildman–Crippen LogP) is 3.65. The average Bonchev–Trinajstić information content (AvgIpc) is 2.89. The third-order valence-electron chi connectivity index (χ3n) is 3.19. The fourth-order valence-electron chi connectivity index (χ4n) is 2.20. The minimum atomic E-state index is 0.669. The lowest BCUT2D eigenvalue weighted by Gasteiger charge is -2.07. The number of aromatic nitrogens is 1.